The maximum atomic E-state index is 13.5. The predicted molar refractivity (Wildman–Crippen MR) is 173 cm³/mol. The van der Waals surface area contributed by atoms with Crippen molar-refractivity contribution < 1.29 is 38.0 Å². The minimum absolute atomic E-state index is 0.0242. The van der Waals surface area contributed by atoms with Crippen LogP contribution in [-0.2, 0) is 38.9 Å². The van der Waals surface area contributed by atoms with Crippen molar-refractivity contribution >= 4 is 23.3 Å². The Kier molecular flexibility index (Phi) is 10.7. The van der Waals surface area contributed by atoms with E-state index in [-0.39, 0.29) is 25.7 Å². The lowest BCUT2D eigenvalue weighted by atomic mass is 9.74. The normalized spacial score (nSPS) is 17.0. The van der Waals surface area contributed by atoms with Crippen LogP contribution >= 0.6 is 0 Å². The summed E-state index contributed by atoms with van der Waals surface area (Å²) in [5.41, 5.74) is 3.41. The van der Waals surface area contributed by atoms with Crippen LogP contribution in [0.3, 0.4) is 0 Å². The highest BCUT2D eigenvalue weighted by Gasteiger charge is 2.55. The van der Waals surface area contributed by atoms with Gasteiger partial charge in [-0.25, -0.2) is 4.79 Å². The third kappa shape index (κ3) is 6.90. The molecule has 2 aromatic rings. The van der Waals surface area contributed by atoms with E-state index in [2.05, 4.69) is 11.2 Å². The third-order valence-corrected chi connectivity index (χ3v) is 8.04. The smallest absolute Gasteiger partial charge is 0.336 e. The van der Waals surface area contributed by atoms with Crippen molar-refractivity contribution in [2.75, 3.05) is 91.0 Å². The monoisotopic (exact) mass is 631 g/mol. The molecule has 2 aliphatic heterocycles. The van der Waals surface area contributed by atoms with Crippen LogP contribution in [-0.4, -0.2) is 93.0 Å². The van der Waals surface area contributed by atoms with Crippen molar-refractivity contribution in [1.82, 2.24) is 5.32 Å². The number of benzene rings is 2. The molecule has 1 spiro atoms. The van der Waals surface area contributed by atoms with Crippen molar-refractivity contribution in [2.45, 2.75) is 12.0 Å². The van der Waals surface area contributed by atoms with E-state index < -0.39 is 17.5 Å². The fourth-order valence-corrected chi connectivity index (χ4v) is 5.68. The van der Waals surface area contributed by atoms with Gasteiger partial charge >= 0.3 is 5.97 Å². The largest absolute Gasteiger partial charge is 0.456 e. The number of carbonyl (C=O) groups excluding carboxylic acids is 2. The Balaban J connectivity index is 1.21. The first-order valence-corrected chi connectivity index (χ1v) is 15.2. The van der Waals surface area contributed by atoms with Gasteiger partial charge in [0.2, 0.25) is 5.91 Å². The first-order valence-electron chi connectivity index (χ1n) is 15.2. The van der Waals surface area contributed by atoms with Gasteiger partial charge in [-0.3, -0.25) is 4.79 Å². The minimum Gasteiger partial charge on any atom is -0.456 e. The molecule has 1 amide bonds. The van der Waals surface area contributed by atoms with Gasteiger partial charge in [-0.1, -0.05) is 18.1 Å². The first-order chi connectivity index (χ1) is 22.3. The molecule has 0 radical (unpaired) electrons. The van der Waals surface area contributed by atoms with Gasteiger partial charge in [-0.15, -0.1) is 6.42 Å². The highest BCUT2D eigenvalue weighted by atomic mass is 16.6. The molecule has 1 aliphatic carbocycles. The molecular weight excluding hydrogens is 590 g/mol. The Morgan fingerprint density at radius 1 is 0.913 bits per heavy atom. The maximum Gasteiger partial charge on any atom is 0.336 e. The molecule has 3 aliphatic rings. The number of amides is 1. The first kappa shape index (κ1) is 33.0. The van der Waals surface area contributed by atoms with Gasteiger partial charge in [0.15, 0.2) is 5.60 Å². The number of fused-ring (bicyclic) bond motifs is 5. The number of terminal acetylenes is 1. The van der Waals surface area contributed by atoms with E-state index >= 15 is 0 Å². The fraction of sp³-hybridized carbons (Fsp3) is 0.429. The number of esters is 1. The summed E-state index contributed by atoms with van der Waals surface area (Å²) in [6.45, 7) is 2.71. The Bertz CT molecular complexity index is 1480. The molecule has 2 heterocycles. The van der Waals surface area contributed by atoms with Crippen LogP contribution < -0.4 is 19.9 Å². The van der Waals surface area contributed by atoms with E-state index in [1.807, 2.05) is 86.5 Å². The Hall–Kier alpha value is -4.34. The van der Waals surface area contributed by atoms with Crippen LogP contribution in [0.15, 0.2) is 59.7 Å². The molecule has 0 fully saturated rings. The molecule has 244 valence electrons. The van der Waals surface area contributed by atoms with E-state index in [4.69, 9.17) is 34.8 Å². The lowest BCUT2D eigenvalue weighted by molar-refractivity contribution is -0.145. The summed E-state index contributed by atoms with van der Waals surface area (Å²) in [6, 6.07) is 11.8. The number of ether oxygens (including phenoxy) is 6. The van der Waals surface area contributed by atoms with Crippen molar-refractivity contribution in [3.63, 3.8) is 0 Å². The second-order valence-corrected chi connectivity index (χ2v) is 11.5. The van der Waals surface area contributed by atoms with E-state index in [0.717, 1.165) is 28.1 Å². The highest BCUT2D eigenvalue weighted by molar-refractivity contribution is 5.98. The standard InChI is InChI=1S/C35H41N3O8/c1-6-13-41-14-15-42-16-17-43-18-19-44-23-36-33(39)24-7-10-28-27(20-24)34(40)46-35(28)29-11-8-25(37(2)3)21-31(29)45-32-22-26(38(4)5)9-12-30(32)35/h1,7-12,21-22,24H,13-20,23H2,2-5H3,(H,36,39). The van der Waals surface area contributed by atoms with Crippen molar-refractivity contribution in [2.24, 2.45) is 5.92 Å². The molecule has 1 unspecified atom stereocenters. The number of rotatable bonds is 15. The molecule has 11 heteroatoms. The van der Waals surface area contributed by atoms with Gasteiger partial charge in [0.1, 0.15) is 24.8 Å². The van der Waals surface area contributed by atoms with Crippen molar-refractivity contribution in [3.8, 4) is 23.8 Å². The molecule has 0 bridgehead atoms. The SMILES string of the molecule is C#CCOCCOCCOCCOCNC(=O)C1C=CC2=C(C1)C(=O)OC21c2ccc(N(C)C)cc2Oc2cc(N(C)C)ccc21. The zero-order valence-corrected chi connectivity index (χ0v) is 26.8. The van der Waals surface area contributed by atoms with Gasteiger partial charge < -0.3 is 43.5 Å². The average Bonchev–Trinajstić information content (AvgIpc) is 3.34. The second-order valence-electron chi connectivity index (χ2n) is 11.5. The molecule has 5 rings (SSSR count). The van der Waals surface area contributed by atoms with Gasteiger partial charge in [0, 0.05) is 74.0 Å². The Morgan fingerprint density at radius 3 is 2.04 bits per heavy atom. The zero-order valence-electron chi connectivity index (χ0n) is 26.8. The van der Waals surface area contributed by atoms with E-state index in [1.54, 1.807) is 0 Å². The summed E-state index contributed by atoms with van der Waals surface area (Å²) in [5, 5.41) is 2.79. The Morgan fingerprint density at radius 2 is 1.48 bits per heavy atom. The molecule has 11 nitrogen and oxygen atoms in total. The average molecular weight is 632 g/mol. The predicted octanol–water partition coefficient (Wildman–Crippen LogP) is 3.37. The molecule has 46 heavy (non-hydrogen) atoms. The fourth-order valence-electron chi connectivity index (χ4n) is 5.68. The highest BCUT2D eigenvalue weighted by Crippen LogP contribution is 2.58. The Labute approximate surface area is 270 Å². The summed E-state index contributed by atoms with van der Waals surface area (Å²) in [4.78, 5) is 30.6. The van der Waals surface area contributed by atoms with Crippen LogP contribution in [0.4, 0.5) is 11.4 Å². The molecule has 0 saturated heterocycles. The van der Waals surface area contributed by atoms with Crippen LogP contribution in [0.5, 0.6) is 11.5 Å². The van der Waals surface area contributed by atoms with Crippen LogP contribution in [0.1, 0.15) is 17.5 Å². The lowest BCUT2D eigenvalue weighted by Gasteiger charge is -2.38. The minimum atomic E-state index is -1.19. The van der Waals surface area contributed by atoms with Crippen LogP contribution in [0.25, 0.3) is 0 Å². The zero-order chi connectivity index (χ0) is 32.7. The van der Waals surface area contributed by atoms with Gasteiger partial charge in [-0.2, -0.15) is 0 Å². The molecule has 0 saturated carbocycles. The molecule has 0 aromatic heterocycles. The van der Waals surface area contributed by atoms with Gasteiger partial charge in [0.25, 0.3) is 0 Å². The number of hydrogen-bond acceptors (Lipinski definition) is 10. The van der Waals surface area contributed by atoms with Crippen LogP contribution in [0, 0.1) is 18.3 Å². The van der Waals surface area contributed by atoms with E-state index in [1.165, 1.54) is 0 Å². The van der Waals surface area contributed by atoms with Crippen LogP contribution in [0.2, 0.25) is 0 Å². The number of anilines is 2. The van der Waals surface area contributed by atoms with Crippen molar-refractivity contribution in [3.05, 3.63) is 70.8 Å². The summed E-state index contributed by atoms with van der Waals surface area (Å²) < 4.78 is 34.2. The summed E-state index contributed by atoms with van der Waals surface area (Å²) >= 11 is 0. The van der Waals surface area contributed by atoms with Crippen molar-refractivity contribution in [1.29, 1.82) is 0 Å². The molecule has 1 N–H and O–H groups in total. The second kappa shape index (κ2) is 14.8. The summed E-state index contributed by atoms with van der Waals surface area (Å²) in [6.07, 6.45) is 9.01. The number of hydrogen-bond donors (Lipinski definition) is 1. The maximum absolute atomic E-state index is 13.5. The van der Waals surface area contributed by atoms with Gasteiger partial charge in [-0.05, 0) is 30.7 Å². The quantitative estimate of drug-likeness (QED) is 0.136. The van der Waals surface area contributed by atoms with E-state index in [9.17, 15) is 9.59 Å². The van der Waals surface area contributed by atoms with Gasteiger partial charge in [0.05, 0.1) is 45.6 Å². The molecule has 1 atom stereocenters. The van der Waals surface area contributed by atoms with E-state index in [0.29, 0.717) is 56.7 Å². The molecule has 2 aromatic carbocycles. The number of carbonyl (C=O) groups is 2. The third-order valence-electron chi connectivity index (χ3n) is 8.04. The number of nitrogens with one attached hydrogen (secondary N) is 1. The molecular formula is C35H41N3O8. The summed E-state index contributed by atoms with van der Waals surface area (Å²) in [5.74, 6) is 2.39. The topological polar surface area (TPSA) is 108 Å². The number of nitrogens with zero attached hydrogens (tertiary/aromatic N) is 2. The summed E-state index contributed by atoms with van der Waals surface area (Å²) in [7, 11) is 7.84. The lowest BCUT2D eigenvalue weighted by Crippen LogP contribution is -2.35.